The maximum atomic E-state index is 12.4. The number of rotatable bonds is 7. The standard InChI is InChI=1S/C17H26ClN3O3/c1-10(2)5-6-24-16-13(18)8-12(9-14(16)23-4)17(22)19-15-7-11(3)20-21-15/h8-11,15,20-21H,5-7H2,1-4H3,(H,19,22). The van der Waals surface area contributed by atoms with Gasteiger partial charge in [-0.1, -0.05) is 25.4 Å². The van der Waals surface area contributed by atoms with E-state index in [1.54, 1.807) is 12.1 Å². The summed E-state index contributed by atoms with van der Waals surface area (Å²) >= 11 is 6.30. The highest BCUT2D eigenvalue weighted by atomic mass is 35.5. The number of hydrazine groups is 1. The van der Waals surface area contributed by atoms with E-state index in [1.165, 1.54) is 7.11 Å². The molecule has 0 aromatic heterocycles. The number of ether oxygens (including phenoxy) is 2. The molecule has 2 unspecified atom stereocenters. The molecule has 3 N–H and O–H groups in total. The molecule has 2 rings (SSSR count). The maximum Gasteiger partial charge on any atom is 0.252 e. The highest BCUT2D eigenvalue weighted by Gasteiger charge is 2.23. The van der Waals surface area contributed by atoms with E-state index in [4.69, 9.17) is 21.1 Å². The third-order valence-electron chi connectivity index (χ3n) is 3.83. The maximum absolute atomic E-state index is 12.4. The van der Waals surface area contributed by atoms with Crippen LogP contribution < -0.4 is 25.6 Å². The number of nitrogens with one attached hydrogen (secondary N) is 3. The van der Waals surface area contributed by atoms with E-state index in [0.29, 0.717) is 40.7 Å². The van der Waals surface area contributed by atoms with Gasteiger partial charge in [0, 0.05) is 11.6 Å². The van der Waals surface area contributed by atoms with Crippen molar-refractivity contribution in [2.75, 3.05) is 13.7 Å². The lowest BCUT2D eigenvalue weighted by atomic mass is 10.1. The van der Waals surface area contributed by atoms with E-state index in [9.17, 15) is 4.79 Å². The third-order valence-corrected chi connectivity index (χ3v) is 4.11. The number of hydrogen-bond acceptors (Lipinski definition) is 5. The van der Waals surface area contributed by atoms with Gasteiger partial charge in [0.1, 0.15) is 0 Å². The SMILES string of the molecule is COc1cc(C(=O)NC2CC(C)NN2)cc(Cl)c1OCCC(C)C. The van der Waals surface area contributed by atoms with E-state index in [1.807, 2.05) is 6.92 Å². The van der Waals surface area contributed by atoms with Crippen LogP contribution in [0.1, 0.15) is 44.0 Å². The predicted molar refractivity (Wildman–Crippen MR) is 94.6 cm³/mol. The number of benzene rings is 1. The van der Waals surface area contributed by atoms with E-state index in [2.05, 4.69) is 30.0 Å². The van der Waals surface area contributed by atoms with Crippen LogP contribution in [0.15, 0.2) is 12.1 Å². The Bertz CT molecular complexity index is 580. The van der Waals surface area contributed by atoms with Gasteiger partial charge in [-0.15, -0.1) is 0 Å². The van der Waals surface area contributed by atoms with Crippen molar-refractivity contribution >= 4 is 17.5 Å². The molecule has 1 fully saturated rings. The molecule has 6 nitrogen and oxygen atoms in total. The molecule has 1 aliphatic rings. The second kappa shape index (κ2) is 8.55. The minimum absolute atomic E-state index is 0.112. The fourth-order valence-corrected chi connectivity index (χ4v) is 2.70. The van der Waals surface area contributed by atoms with Crippen molar-refractivity contribution in [1.82, 2.24) is 16.2 Å². The van der Waals surface area contributed by atoms with Crippen LogP contribution >= 0.6 is 11.6 Å². The smallest absolute Gasteiger partial charge is 0.252 e. The van der Waals surface area contributed by atoms with Gasteiger partial charge >= 0.3 is 0 Å². The highest BCUT2D eigenvalue weighted by Crippen LogP contribution is 2.36. The van der Waals surface area contributed by atoms with Gasteiger partial charge < -0.3 is 14.8 Å². The van der Waals surface area contributed by atoms with Crippen LogP contribution in [0.4, 0.5) is 0 Å². The number of amides is 1. The molecule has 2 atom stereocenters. The van der Waals surface area contributed by atoms with Crippen molar-refractivity contribution in [1.29, 1.82) is 0 Å². The van der Waals surface area contributed by atoms with E-state index in [0.717, 1.165) is 12.8 Å². The molecule has 0 bridgehead atoms. The summed E-state index contributed by atoms with van der Waals surface area (Å²) in [5.41, 5.74) is 6.53. The molecule has 0 saturated carbocycles. The summed E-state index contributed by atoms with van der Waals surface area (Å²) in [6.07, 6.45) is 1.62. The van der Waals surface area contributed by atoms with Gasteiger partial charge in [0.25, 0.3) is 5.91 Å². The Morgan fingerprint density at radius 1 is 1.42 bits per heavy atom. The first-order valence-electron chi connectivity index (χ1n) is 8.23. The van der Waals surface area contributed by atoms with Crippen molar-refractivity contribution in [2.24, 2.45) is 5.92 Å². The zero-order valence-corrected chi connectivity index (χ0v) is 15.4. The largest absolute Gasteiger partial charge is 0.493 e. The predicted octanol–water partition coefficient (Wildman–Crippen LogP) is 2.72. The van der Waals surface area contributed by atoms with Gasteiger partial charge in [-0.25, -0.2) is 5.43 Å². The quantitative estimate of drug-likeness (QED) is 0.701. The molecule has 0 radical (unpaired) electrons. The molecule has 7 heteroatoms. The molecular weight excluding hydrogens is 330 g/mol. The van der Waals surface area contributed by atoms with Crippen LogP contribution in [0.25, 0.3) is 0 Å². The van der Waals surface area contributed by atoms with E-state index >= 15 is 0 Å². The summed E-state index contributed by atoms with van der Waals surface area (Å²) in [6, 6.07) is 3.57. The number of halogens is 1. The molecule has 1 aromatic rings. The van der Waals surface area contributed by atoms with Gasteiger partial charge in [0.2, 0.25) is 0 Å². The van der Waals surface area contributed by atoms with Crippen LogP contribution in [0.2, 0.25) is 5.02 Å². The van der Waals surface area contributed by atoms with Crippen LogP contribution in [-0.2, 0) is 0 Å². The lowest BCUT2D eigenvalue weighted by Crippen LogP contribution is -2.44. The molecule has 134 valence electrons. The lowest BCUT2D eigenvalue weighted by molar-refractivity contribution is 0.0932. The Labute approximate surface area is 148 Å². The summed E-state index contributed by atoms with van der Waals surface area (Å²) in [6.45, 7) is 6.85. The summed E-state index contributed by atoms with van der Waals surface area (Å²) < 4.78 is 11.1. The molecule has 24 heavy (non-hydrogen) atoms. The van der Waals surface area contributed by atoms with Crippen molar-refractivity contribution in [3.05, 3.63) is 22.7 Å². The Morgan fingerprint density at radius 2 is 2.17 bits per heavy atom. The van der Waals surface area contributed by atoms with Crippen molar-refractivity contribution in [3.63, 3.8) is 0 Å². The Hall–Kier alpha value is -1.50. The van der Waals surface area contributed by atoms with E-state index in [-0.39, 0.29) is 12.1 Å². The fraction of sp³-hybridized carbons (Fsp3) is 0.588. The van der Waals surface area contributed by atoms with Crippen LogP contribution in [0.5, 0.6) is 11.5 Å². The van der Waals surface area contributed by atoms with Crippen molar-refractivity contribution < 1.29 is 14.3 Å². The minimum atomic E-state index is -0.211. The summed E-state index contributed by atoms with van der Waals surface area (Å²) in [7, 11) is 1.53. The Kier molecular flexibility index (Phi) is 6.71. The number of hydrogen-bond donors (Lipinski definition) is 3. The third kappa shape index (κ3) is 5.00. The first-order valence-corrected chi connectivity index (χ1v) is 8.60. The van der Waals surface area contributed by atoms with Crippen LogP contribution in [0, 0.1) is 5.92 Å². The molecule has 0 spiro atoms. The second-order valence-corrected chi connectivity index (χ2v) is 6.88. The average molecular weight is 356 g/mol. The van der Waals surface area contributed by atoms with Gasteiger partial charge in [-0.3, -0.25) is 10.2 Å². The van der Waals surface area contributed by atoms with Gasteiger partial charge in [-0.2, -0.15) is 0 Å². The van der Waals surface area contributed by atoms with Gasteiger partial charge in [0.05, 0.1) is 24.9 Å². The average Bonchev–Trinajstić information content (AvgIpc) is 2.93. The van der Waals surface area contributed by atoms with Gasteiger partial charge in [0.15, 0.2) is 11.5 Å². The van der Waals surface area contributed by atoms with E-state index < -0.39 is 0 Å². The molecular formula is C17H26ClN3O3. The molecule has 1 amide bonds. The number of carbonyl (C=O) groups excluding carboxylic acids is 1. The molecule has 1 heterocycles. The lowest BCUT2D eigenvalue weighted by Gasteiger charge is -2.16. The molecule has 0 aliphatic carbocycles. The fourth-order valence-electron chi connectivity index (χ4n) is 2.44. The monoisotopic (exact) mass is 355 g/mol. The second-order valence-electron chi connectivity index (χ2n) is 6.47. The summed E-state index contributed by atoms with van der Waals surface area (Å²) in [5, 5.41) is 3.28. The summed E-state index contributed by atoms with van der Waals surface area (Å²) in [4.78, 5) is 12.4. The highest BCUT2D eigenvalue weighted by molar-refractivity contribution is 6.32. The first kappa shape index (κ1) is 18.8. The zero-order valence-electron chi connectivity index (χ0n) is 14.6. The number of carbonyl (C=O) groups is 1. The zero-order chi connectivity index (χ0) is 17.7. The van der Waals surface area contributed by atoms with Crippen LogP contribution in [-0.4, -0.2) is 31.8 Å². The number of methoxy groups -OCH3 is 1. The van der Waals surface area contributed by atoms with Crippen molar-refractivity contribution in [3.8, 4) is 11.5 Å². The Balaban J connectivity index is 2.08. The molecule has 1 saturated heterocycles. The molecule has 1 aliphatic heterocycles. The molecule has 1 aromatic carbocycles. The normalized spacial score (nSPS) is 20.2. The van der Waals surface area contributed by atoms with Crippen LogP contribution in [0.3, 0.4) is 0 Å². The first-order chi connectivity index (χ1) is 11.4. The Morgan fingerprint density at radius 3 is 2.75 bits per heavy atom. The minimum Gasteiger partial charge on any atom is -0.493 e. The van der Waals surface area contributed by atoms with Crippen molar-refractivity contribution in [2.45, 2.75) is 45.8 Å². The van der Waals surface area contributed by atoms with Gasteiger partial charge in [-0.05, 0) is 37.8 Å². The topological polar surface area (TPSA) is 71.6 Å². The summed E-state index contributed by atoms with van der Waals surface area (Å²) in [5.74, 6) is 1.26.